The molecule has 5 heteroatoms. The smallest absolute Gasteiger partial charge is 0.224 e. The Labute approximate surface area is 139 Å². The summed E-state index contributed by atoms with van der Waals surface area (Å²) in [6.45, 7) is 4.42. The number of hydrogen-bond donors (Lipinski definition) is 1. The number of rotatable bonds is 3. The first-order valence-electron chi connectivity index (χ1n) is 7.76. The lowest BCUT2D eigenvalue weighted by Crippen LogP contribution is -2.43. The molecular formula is C17H20BrN3O. The molecule has 22 heavy (non-hydrogen) atoms. The van der Waals surface area contributed by atoms with Gasteiger partial charge in [-0.05, 0) is 44.0 Å². The quantitative estimate of drug-likeness (QED) is 0.911. The van der Waals surface area contributed by atoms with Crippen LogP contribution in [0.1, 0.15) is 19.8 Å². The van der Waals surface area contributed by atoms with Gasteiger partial charge >= 0.3 is 0 Å². The van der Waals surface area contributed by atoms with Crippen LogP contribution in [0.2, 0.25) is 0 Å². The zero-order valence-electron chi connectivity index (χ0n) is 12.7. The third-order valence-electron chi connectivity index (χ3n) is 4.16. The third-order valence-corrected chi connectivity index (χ3v) is 4.66. The molecular weight excluding hydrogens is 342 g/mol. The molecule has 1 amide bonds. The number of fused-ring (bicyclic) bond motifs is 1. The molecule has 1 saturated heterocycles. The predicted octanol–water partition coefficient (Wildman–Crippen LogP) is 3.35. The van der Waals surface area contributed by atoms with Crippen molar-refractivity contribution in [3.05, 3.63) is 34.9 Å². The van der Waals surface area contributed by atoms with Gasteiger partial charge in [0.1, 0.15) is 0 Å². The predicted molar refractivity (Wildman–Crippen MR) is 93.1 cm³/mol. The van der Waals surface area contributed by atoms with E-state index in [0.717, 1.165) is 41.3 Å². The van der Waals surface area contributed by atoms with E-state index >= 15 is 0 Å². The number of amides is 1. The Kier molecular flexibility index (Phi) is 4.62. The van der Waals surface area contributed by atoms with Gasteiger partial charge in [0.15, 0.2) is 0 Å². The van der Waals surface area contributed by atoms with Crippen LogP contribution in [0.15, 0.2) is 34.9 Å². The second-order valence-electron chi connectivity index (χ2n) is 5.67. The fourth-order valence-electron chi connectivity index (χ4n) is 3.11. The number of pyridine rings is 1. The number of nitrogens with one attached hydrogen (secondary N) is 1. The highest BCUT2D eigenvalue weighted by Crippen LogP contribution is 2.31. The van der Waals surface area contributed by atoms with Crippen molar-refractivity contribution >= 4 is 38.4 Å². The summed E-state index contributed by atoms with van der Waals surface area (Å²) in [5.41, 5.74) is 2.15. The molecule has 1 aliphatic rings. The molecule has 4 nitrogen and oxygen atoms in total. The van der Waals surface area contributed by atoms with E-state index in [1.165, 1.54) is 5.69 Å². The van der Waals surface area contributed by atoms with Gasteiger partial charge in [-0.25, -0.2) is 0 Å². The molecule has 2 aromatic rings. The summed E-state index contributed by atoms with van der Waals surface area (Å²) in [7, 11) is 0. The van der Waals surface area contributed by atoms with Crippen LogP contribution in [0, 0.1) is 5.92 Å². The molecule has 0 radical (unpaired) electrons. The molecule has 3 rings (SSSR count). The molecule has 0 saturated carbocycles. The van der Waals surface area contributed by atoms with Crippen LogP contribution >= 0.6 is 15.9 Å². The average Bonchev–Trinajstić information content (AvgIpc) is 2.54. The summed E-state index contributed by atoms with van der Waals surface area (Å²) in [5.74, 6) is 0.246. The molecule has 1 aromatic heterocycles. The van der Waals surface area contributed by atoms with Gasteiger partial charge < -0.3 is 10.2 Å². The highest BCUT2D eigenvalue weighted by atomic mass is 79.9. The Morgan fingerprint density at radius 3 is 3.14 bits per heavy atom. The van der Waals surface area contributed by atoms with Crippen molar-refractivity contribution in [3.63, 3.8) is 0 Å². The summed E-state index contributed by atoms with van der Waals surface area (Å²) >= 11 is 3.54. The van der Waals surface area contributed by atoms with Crippen LogP contribution in [-0.4, -0.2) is 30.5 Å². The summed E-state index contributed by atoms with van der Waals surface area (Å²) in [6, 6.07) is 8.18. The minimum atomic E-state index is 0.0732. The van der Waals surface area contributed by atoms with Crippen molar-refractivity contribution in [1.82, 2.24) is 10.3 Å². The number of halogens is 1. The summed E-state index contributed by atoms with van der Waals surface area (Å²) < 4.78 is 1.05. The molecule has 0 bridgehead atoms. The zero-order valence-corrected chi connectivity index (χ0v) is 14.3. The molecule has 1 atom stereocenters. The molecule has 116 valence electrons. The fraction of sp³-hybridized carbons (Fsp3) is 0.412. The molecule has 1 aliphatic heterocycles. The van der Waals surface area contributed by atoms with E-state index in [-0.39, 0.29) is 11.8 Å². The number of aromatic nitrogens is 1. The molecule has 1 fully saturated rings. The number of piperidine rings is 1. The first-order valence-corrected chi connectivity index (χ1v) is 8.55. The minimum Gasteiger partial charge on any atom is -0.370 e. The van der Waals surface area contributed by atoms with Crippen LogP contribution in [0.4, 0.5) is 5.69 Å². The maximum atomic E-state index is 12.1. The molecule has 1 aromatic carbocycles. The van der Waals surface area contributed by atoms with Crippen LogP contribution in [-0.2, 0) is 4.79 Å². The number of nitrogens with zero attached hydrogens (tertiary/aromatic N) is 2. The lowest BCUT2D eigenvalue weighted by atomic mass is 9.96. The van der Waals surface area contributed by atoms with Crippen LogP contribution < -0.4 is 10.2 Å². The van der Waals surface area contributed by atoms with Crippen molar-refractivity contribution in [1.29, 1.82) is 0 Å². The second-order valence-corrected chi connectivity index (χ2v) is 6.59. The molecule has 1 unspecified atom stereocenters. The largest absolute Gasteiger partial charge is 0.370 e. The van der Waals surface area contributed by atoms with E-state index < -0.39 is 0 Å². The molecule has 1 N–H and O–H groups in total. The van der Waals surface area contributed by atoms with Crippen LogP contribution in [0.5, 0.6) is 0 Å². The highest BCUT2D eigenvalue weighted by molar-refractivity contribution is 9.10. The number of hydrogen-bond acceptors (Lipinski definition) is 3. The average molecular weight is 362 g/mol. The molecule has 2 heterocycles. The lowest BCUT2D eigenvalue weighted by Gasteiger charge is -2.34. The summed E-state index contributed by atoms with van der Waals surface area (Å²) in [4.78, 5) is 18.9. The van der Waals surface area contributed by atoms with Gasteiger partial charge in [-0.15, -0.1) is 0 Å². The topological polar surface area (TPSA) is 45.2 Å². The third kappa shape index (κ3) is 3.09. The van der Waals surface area contributed by atoms with Gasteiger partial charge in [0, 0.05) is 41.4 Å². The maximum Gasteiger partial charge on any atom is 0.224 e. The van der Waals surface area contributed by atoms with E-state index in [1.54, 1.807) is 0 Å². The van der Waals surface area contributed by atoms with E-state index in [4.69, 9.17) is 0 Å². The van der Waals surface area contributed by atoms with E-state index in [2.05, 4.69) is 43.3 Å². The van der Waals surface area contributed by atoms with Crippen LogP contribution in [0.25, 0.3) is 10.9 Å². The van der Waals surface area contributed by atoms with Crippen molar-refractivity contribution < 1.29 is 4.79 Å². The second kappa shape index (κ2) is 6.65. The molecule has 0 spiro atoms. The standard InChI is InChI=1S/C17H20BrN3O/c1-2-19-17(22)12-4-3-9-21(11-12)16-7-8-20-15-6-5-13(18)10-14(15)16/h5-8,10,12H,2-4,9,11H2,1H3,(H,19,22). The highest BCUT2D eigenvalue weighted by Gasteiger charge is 2.26. The fourth-order valence-corrected chi connectivity index (χ4v) is 3.47. The summed E-state index contributed by atoms with van der Waals surface area (Å²) in [6.07, 6.45) is 3.86. The monoisotopic (exact) mass is 361 g/mol. The Hall–Kier alpha value is -1.62. The van der Waals surface area contributed by atoms with Gasteiger partial charge in [-0.2, -0.15) is 0 Å². The SMILES string of the molecule is CCNC(=O)C1CCCN(c2ccnc3ccc(Br)cc23)C1. The first-order chi connectivity index (χ1) is 10.7. The van der Waals surface area contributed by atoms with Gasteiger partial charge in [-0.1, -0.05) is 15.9 Å². The van der Waals surface area contributed by atoms with Crippen molar-refractivity contribution in [3.8, 4) is 0 Å². The van der Waals surface area contributed by atoms with Gasteiger partial charge in [0.2, 0.25) is 5.91 Å². The zero-order chi connectivity index (χ0) is 15.5. The van der Waals surface area contributed by atoms with Gasteiger partial charge in [-0.3, -0.25) is 9.78 Å². The number of carbonyl (C=O) groups is 1. The lowest BCUT2D eigenvalue weighted by molar-refractivity contribution is -0.125. The maximum absolute atomic E-state index is 12.1. The van der Waals surface area contributed by atoms with E-state index in [9.17, 15) is 4.79 Å². The molecule has 0 aliphatic carbocycles. The first kappa shape index (κ1) is 15.3. The Balaban J connectivity index is 1.90. The van der Waals surface area contributed by atoms with Crippen LogP contribution in [0.3, 0.4) is 0 Å². The number of carbonyl (C=O) groups excluding carboxylic acids is 1. The van der Waals surface area contributed by atoms with Crippen molar-refractivity contribution in [2.24, 2.45) is 5.92 Å². The normalized spacial score (nSPS) is 18.5. The van der Waals surface area contributed by atoms with Gasteiger partial charge in [0.05, 0.1) is 11.4 Å². The minimum absolute atomic E-state index is 0.0732. The van der Waals surface area contributed by atoms with Crippen molar-refractivity contribution in [2.45, 2.75) is 19.8 Å². The number of benzene rings is 1. The van der Waals surface area contributed by atoms with Gasteiger partial charge in [0.25, 0.3) is 0 Å². The van der Waals surface area contributed by atoms with Crippen molar-refractivity contribution in [2.75, 3.05) is 24.5 Å². The Morgan fingerprint density at radius 1 is 1.45 bits per heavy atom. The van der Waals surface area contributed by atoms with E-state index in [0.29, 0.717) is 6.54 Å². The number of anilines is 1. The van der Waals surface area contributed by atoms with E-state index in [1.807, 2.05) is 25.3 Å². The Morgan fingerprint density at radius 2 is 2.32 bits per heavy atom. The Bertz CT molecular complexity index is 689. The summed E-state index contributed by atoms with van der Waals surface area (Å²) in [5, 5.41) is 4.08.